The van der Waals surface area contributed by atoms with Crippen LogP contribution in [-0.4, -0.2) is 25.0 Å². The fourth-order valence-electron chi connectivity index (χ4n) is 1.60. The van der Waals surface area contributed by atoms with E-state index in [0.717, 1.165) is 11.3 Å². The molecule has 0 aliphatic rings. The predicted molar refractivity (Wildman–Crippen MR) is 58.7 cm³/mol. The lowest BCUT2D eigenvalue weighted by atomic mass is 10.2. The van der Waals surface area contributed by atoms with Gasteiger partial charge in [0, 0.05) is 5.56 Å². The zero-order valence-electron chi connectivity index (χ0n) is 8.65. The number of aromatic nitrogens is 5. The largest absolute Gasteiger partial charge is 0.216 e. The second-order valence-electron chi connectivity index (χ2n) is 3.38. The molecule has 0 saturated heterocycles. The van der Waals surface area contributed by atoms with Crippen LogP contribution in [0.3, 0.4) is 0 Å². The molecule has 6 nitrogen and oxygen atoms in total. The minimum Gasteiger partial charge on any atom is -0.190 e. The van der Waals surface area contributed by atoms with E-state index in [0.29, 0.717) is 5.65 Å². The van der Waals surface area contributed by atoms with E-state index in [1.807, 2.05) is 36.4 Å². The molecule has 0 amide bonds. The Morgan fingerprint density at radius 2 is 1.94 bits per heavy atom. The highest BCUT2D eigenvalue weighted by atomic mass is 15.4. The highest BCUT2D eigenvalue weighted by Crippen LogP contribution is 2.18. The van der Waals surface area contributed by atoms with Gasteiger partial charge in [0.1, 0.15) is 6.07 Å². The number of nitriles is 1. The number of hydrogen-bond donors (Lipinski definition) is 0. The molecule has 2 aromatic heterocycles. The minimum atomic E-state index is 0.176. The van der Waals surface area contributed by atoms with Gasteiger partial charge in [0.15, 0.2) is 0 Å². The summed E-state index contributed by atoms with van der Waals surface area (Å²) < 4.78 is 1.51. The zero-order valence-corrected chi connectivity index (χ0v) is 8.65. The van der Waals surface area contributed by atoms with Crippen LogP contribution in [0.1, 0.15) is 5.69 Å². The SMILES string of the molecule is N#Cc1nnn2c(-c3ccccc3)cnnc12. The van der Waals surface area contributed by atoms with Crippen LogP contribution >= 0.6 is 0 Å². The normalized spacial score (nSPS) is 10.3. The molecule has 3 aromatic rings. The summed E-state index contributed by atoms with van der Waals surface area (Å²) >= 11 is 0. The van der Waals surface area contributed by atoms with Crippen molar-refractivity contribution in [2.75, 3.05) is 0 Å². The standard InChI is InChI=1S/C11H6N6/c12-6-9-11-15-13-7-10(17(11)16-14-9)8-4-2-1-3-5-8/h1-5,7H. The van der Waals surface area contributed by atoms with Crippen LogP contribution in [0.2, 0.25) is 0 Å². The molecule has 0 radical (unpaired) electrons. The zero-order chi connectivity index (χ0) is 11.7. The maximum atomic E-state index is 8.85. The van der Waals surface area contributed by atoms with E-state index in [1.54, 1.807) is 6.20 Å². The van der Waals surface area contributed by atoms with E-state index in [2.05, 4.69) is 20.5 Å². The van der Waals surface area contributed by atoms with Crippen LogP contribution in [0.4, 0.5) is 0 Å². The Kier molecular flexibility index (Phi) is 2.02. The third-order valence-corrected chi connectivity index (χ3v) is 2.38. The van der Waals surface area contributed by atoms with Crippen LogP contribution in [-0.2, 0) is 0 Å². The summed E-state index contributed by atoms with van der Waals surface area (Å²) in [5.74, 6) is 0. The molecule has 0 fully saturated rings. The van der Waals surface area contributed by atoms with Gasteiger partial charge in [-0.2, -0.15) is 14.9 Å². The van der Waals surface area contributed by atoms with Crippen molar-refractivity contribution in [2.24, 2.45) is 0 Å². The van der Waals surface area contributed by atoms with Gasteiger partial charge in [-0.1, -0.05) is 35.5 Å². The number of nitrogens with zero attached hydrogens (tertiary/aromatic N) is 6. The van der Waals surface area contributed by atoms with Gasteiger partial charge in [0.2, 0.25) is 11.3 Å². The first-order valence-electron chi connectivity index (χ1n) is 4.93. The highest BCUT2D eigenvalue weighted by molar-refractivity contribution is 5.62. The van der Waals surface area contributed by atoms with Crippen molar-refractivity contribution < 1.29 is 0 Å². The first kappa shape index (κ1) is 9.42. The summed E-state index contributed by atoms with van der Waals surface area (Å²) in [4.78, 5) is 0. The fourth-order valence-corrected chi connectivity index (χ4v) is 1.60. The van der Waals surface area contributed by atoms with E-state index in [4.69, 9.17) is 5.26 Å². The van der Waals surface area contributed by atoms with Gasteiger partial charge in [-0.3, -0.25) is 0 Å². The number of hydrogen-bond acceptors (Lipinski definition) is 5. The van der Waals surface area contributed by atoms with Gasteiger partial charge in [0.25, 0.3) is 0 Å². The van der Waals surface area contributed by atoms with Crippen molar-refractivity contribution in [1.29, 1.82) is 5.26 Å². The second kappa shape index (κ2) is 3.64. The lowest BCUT2D eigenvalue weighted by molar-refractivity contribution is 0.832. The average Bonchev–Trinajstić information content (AvgIpc) is 2.82. The first-order valence-corrected chi connectivity index (χ1v) is 4.93. The maximum absolute atomic E-state index is 8.85. The van der Waals surface area contributed by atoms with Gasteiger partial charge in [-0.25, -0.2) is 0 Å². The van der Waals surface area contributed by atoms with Gasteiger partial charge >= 0.3 is 0 Å². The first-order chi connectivity index (χ1) is 8.40. The van der Waals surface area contributed by atoms with Gasteiger partial charge < -0.3 is 0 Å². The molecule has 3 rings (SSSR count). The van der Waals surface area contributed by atoms with Crippen molar-refractivity contribution >= 4 is 5.65 Å². The summed E-state index contributed by atoms with van der Waals surface area (Å²) in [7, 11) is 0. The van der Waals surface area contributed by atoms with Crippen LogP contribution < -0.4 is 0 Å². The summed E-state index contributed by atoms with van der Waals surface area (Å²) in [5, 5.41) is 24.2. The number of fused-ring (bicyclic) bond motifs is 1. The Morgan fingerprint density at radius 3 is 2.71 bits per heavy atom. The molecule has 1 aromatic carbocycles. The van der Waals surface area contributed by atoms with Crippen molar-refractivity contribution in [3.63, 3.8) is 0 Å². The van der Waals surface area contributed by atoms with Gasteiger partial charge in [-0.15, -0.1) is 10.2 Å². The Balaban J connectivity index is 2.32. The molecule has 17 heavy (non-hydrogen) atoms. The van der Waals surface area contributed by atoms with Crippen molar-refractivity contribution in [3.8, 4) is 17.3 Å². The Morgan fingerprint density at radius 1 is 1.12 bits per heavy atom. The average molecular weight is 222 g/mol. The number of benzene rings is 1. The molecule has 0 spiro atoms. The second-order valence-corrected chi connectivity index (χ2v) is 3.38. The van der Waals surface area contributed by atoms with Crippen LogP contribution in [0.5, 0.6) is 0 Å². The molecule has 6 heteroatoms. The van der Waals surface area contributed by atoms with E-state index < -0.39 is 0 Å². The topological polar surface area (TPSA) is 79.8 Å². The third-order valence-electron chi connectivity index (χ3n) is 2.38. The van der Waals surface area contributed by atoms with Gasteiger partial charge in [0.05, 0.1) is 11.9 Å². The molecule has 0 atom stereocenters. The lowest BCUT2D eigenvalue weighted by Crippen LogP contribution is -1.98. The molecule has 0 unspecified atom stereocenters. The Bertz CT molecular complexity index is 710. The number of rotatable bonds is 1. The Labute approximate surface area is 96.1 Å². The molecule has 0 bridgehead atoms. The molecular formula is C11H6N6. The van der Waals surface area contributed by atoms with Crippen molar-refractivity contribution in [3.05, 3.63) is 42.2 Å². The van der Waals surface area contributed by atoms with Crippen molar-refractivity contribution in [1.82, 2.24) is 25.0 Å². The van der Waals surface area contributed by atoms with Crippen LogP contribution in [0, 0.1) is 11.3 Å². The monoisotopic (exact) mass is 222 g/mol. The summed E-state index contributed by atoms with van der Waals surface area (Å²) in [6.45, 7) is 0. The van der Waals surface area contributed by atoms with Gasteiger partial charge in [-0.05, 0) is 0 Å². The third kappa shape index (κ3) is 1.41. The summed E-state index contributed by atoms with van der Waals surface area (Å²) in [6, 6.07) is 11.6. The molecular weight excluding hydrogens is 216 g/mol. The summed E-state index contributed by atoms with van der Waals surface area (Å²) in [6.07, 6.45) is 1.60. The minimum absolute atomic E-state index is 0.176. The Hall–Kier alpha value is -2.81. The van der Waals surface area contributed by atoms with E-state index >= 15 is 0 Å². The predicted octanol–water partition coefficient (Wildman–Crippen LogP) is 1.06. The molecule has 80 valence electrons. The molecule has 0 N–H and O–H groups in total. The maximum Gasteiger partial charge on any atom is 0.216 e. The van der Waals surface area contributed by atoms with Crippen LogP contribution in [0.25, 0.3) is 16.9 Å². The molecule has 0 aliphatic heterocycles. The van der Waals surface area contributed by atoms with Crippen LogP contribution in [0.15, 0.2) is 36.5 Å². The molecule has 0 aliphatic carbocycles. The summed E-state index contributed by atoms with van der Waals surface area (Å²) in [5.41, 5.74) is 2.25. The highest BCUT2D eigenvalue weighted by Gasteiger charge is 2.11. The smallest absolute Gasteiger partial charge is 0.190 e. The van der Waals surface area contributed by atoms with E-state index in [1.165, 1.54) is 4.52 Å². The lowest BCUT2D eigenvalue weighted by Gasteiger charge is -2.01. The van der Waals surface area contributed by atoms with Crippen molar-refractivity contribution in [2.45, 2.75) is 0 Å². The van der Waals surface area contributed by atoms with E-state index in [9.17, 15) is 0 Å². The van der Waals surface area contributed by atoms with E-state index in [-0.39, 0.29) is 5.69 Å². The molecule has 2 heterocycles. The molecule has 0 saturated carbocycles. The fraction of sp³-hybridized carbons (Fsp3) is 0. The quantitative estimate of drug-likeness (QED) is 0.615.